The lowest BCUT2D eigenvalue weighted by Gasteiger charge is -2.07. The van der Waals surface area contributed by atoms with E-state index in [1.54, 1.807) is 12.1 Å². The third-order valence-corrected chi connectivity index (χ3v) is 3.51. The van der Waals surface area contributed by atoms with E-state index in [0.29, 0.717) is 12.2 Å². The van der Waals surface area contributed by atoms with Gasteiger partial charge in [-0.3, -0.25) is 9.78 Å². The van der Waals surface area contributed by atoms with Crippen LogP contribution in [0.1, 0.15) is 11.1 Å². The molecule has 25 heavy (non-hydrogen) atoms. The van der Waals surface area contributed by atoms with Crippen LogP contribution >= 0.6 is 0 Å². The zero-order valence-electron chi connectivity index (χ0n) is 13.4. The first-order chi connectivity index (χ1) is 12.1. The van der Waals surface area contributed by atoms with Gasteiger partial charge < -0.3 is 13.9 Å². The molecule has 3 rings (SSSR count). The molecule has 3 aromatic rings. The van der Waals surface area contributed by atoms with Crippen molar-refractivity contribution < 1.29 is 18.3 Å². The van der Waals surface area contributed by atoms with Gasteiger partial charge in [-0.15, -0.1) is 0 Å². The summed E-state index contributed by atoms with van der Waals surface area (Å²) in [5, 5.41) is 0.156. The summed E-state index contributed by atoms with van der Waals surface area (Å²) in [6.45, 7) is 0.501. The molecule has 0 aliphatic carbocycles. The van der Waals surface area contributed by atoms with E-state index < -0.39 is 11.2 Å². The molecule has 0 aliphatic rings. The van der Waals surface area contributed by atoms with Crippen molar-refractivity contribution in [3.8, 4) is 6.01 Å². The molecule has 0 atom stereocenters. The summed E-state index contributed by atoms with van der Waals surface area (Å²) >= 11 is 0. The van der Waals surface area contributed by atoms with Gasteiger partial charge in [0.05, 0.1) is 6.61 Å². The molecule has 0 bridgehead atoms. The molecule has 0 fully saturated rings. The Morgan fingerprint density at radius 2 is 1.96 bits per heavy atom. The van der Waals surface area contributed by atoms with Crippen LogP contribution in [-0.2, 0) is 11.2 Å². The van der Waals surface area contributed by atoms with Crippen molar-refractivity contribution in [3.05, 3.63) is 68.0 Å². The average Bonchev–Trinajstić information content (AvgIpc) is 2.56. The zero-order valence-corrected chi connectivity index (χ0v) is 13.4. The minimum absolute atomic E-state index is 0.0587. The largest absolute Gasteiger partial charge is 0.462 e. The molecule has 0 aliphatic heterocycles. The SMILES string of the molecule is COCCOc1nc2oc(=O)cc(Cc3ccc(F)cc3)c2c(=O)[nH]1. The van der Waals surface area contributed by atoms with Crippen LogP contribution in [-0.4, -0.2) is 30.3 Å². The highest BCUT2D eigenvalue weighted by atomic mass is 19.1. The number of aromatic amines is 1. The Morgan fingerprint density at radius 1 is 1.20 bits per heavy atom. The van der Waals surface area contributed by atoms with Gasteiger partial charge in [0.15, 0.2) is 0 Å². The number of rotatable bonds is 6. The van der Waals surface area contributed by atoms with Crippen molar-refractivity contribution in [2.75, 3.05) is 20.3 Å². The van der Waals surface area contributed by atoms with Gasteiger partial charge in [0.1, 0.15) is 17.8 Å². The number of nitrogens with one attached hydrogen (secondary N) is 1. The van der Waals surface area contributed by atoms with Gasteiger partial charge in [-0.25, -0.2) is 9.18 Å². The van der Waals surface area contributed by atoms with Crippen molar-refractivity contribution in [2.45, 2.75) is 6.42 Å². The number of halogens is 1. The first kappa shape index (κ1) is 16.8. The van der Waals surface area contributed by atoms with Gasteiger partial charge in [-0.05, 0) is 29.7 Å². The molecule has 2 heterocycles. The molecule has 0 saturated heterocycles. The molecule has 1 N–H and O–H groups in total. The fourth-order valence-corrected chi connectivity index (χ4v) is 2.38. The lowest BCUT2D eigenvalue weighted by atomic mass is 10.0. The Morgan fingerprint density at radius 3 is 2.68 bits per heavy atom. The van der Waals surface area contributed by atoms with E-state index in [0.717, 1.165) is 5.56 Å². The molecule has 2 aromatic heterocycles. The maximum atomic E-state index is 13.0. The van der Waals surface area contributed by atoms with E-state index in [1.165, 1.54) is 25.3 Å². The van der Waals surface area contributed by atoms with Crippen LogP contribution in [0, 0.1) is 5.82 Å². The van der Waals surface area contributed by atoms with Gasteiger partial charge in [0.25, 0.3) is 11.6 Å². The van der Waals surface area contributed by atoms with Crippen LogP contribution in [0.15, 0.2) is 44.3 Å². The Kier molecular flexibility index (Phi) is 4.90. The summed E-state index contributed by atoms with van der Waals surface area (Å²) in [7, 11) is 1.51. The van der Waals surface area contributed by atoms with Crippen LogP contribution in [0.5, 0.6) is 6.01 Å². The summed E-state index contributed by atoms with van der Waals surface area (Å²) in [5.41, 5.74) is -0.0484. The molecule has 8 heteroatoms. The predicted octanol–water partition coefficient (Wildman–Crippen LogP) is 1.63. The van der Waals surface area contributed by atoms with Crippen LogP contribution in [0.3, 0.4) is 0 Å². The standard InChI is InChI=1S/C17H15FN2O5/c1-23-6-7-24-17-19-15(22)14-11(9-13(21)25-16(14)20-17)8-10-2-4-12(18)5-3-10/h2-5,9H,6-8H2,1H3,(H,19,20,22). The van der Waals surface area contributed by atoms with Crippen molar-refractivity contribution in [1.29, 1.82) is 0 Å². The van der Waals surface area contributed by atoms with E-state index >= 15 is 0 Å². The smallest absolute Gasteiger partial charge is 0.337 e. The fourth-order valence-electron chi connectivity index (χ4n) is 2.38. The normalized spacial score (nSPS) is 11.0. The number of nitrogens with zero attached hydrogens (tertiary/aromatic N) is 1. The number of aromatic nitrogens is 2. The van der Waals surface area contributed by atoms with E-state index in [2.05, 4.69) is 9.97 Å². The number of fused-ring (bicyclic) bond motifs is 1. The molecular formula is C17H15FN2O5. The molecule has 0 spiro atoms. The summed E-state index contributed by atoms with van der Waals surface area (Å²) in [5.74, 6) is -0.362. The Balaban J connectivity index is 2.02. The average molecular weight is 346 g/mol. The van der Waals surface area contributed by atoms with E-state index in [-0.39, 0.29) is 36.0 Å². The highest BCUT2D eigenvalue weighted by Crippen LogP contribution is 2.17. The zero-order chi connectivity index (χ0) is 17.8. The third kappa shape index (κ3) is 3.92. The van der Waals surface area contributed by atoms with Gasteiger partial charge >= 0.3 is 5.63 Å². The first-order valence-corrected chi connectivity index (χ1v) is 7.50. The molecule has 7 nitrogen and oxygen atoms in total. The second-order valence-corrected chi connectivity index (χ2v) is 5.29. The molecule has 0 saturated carbocycles. The molecule has 130 valence electrons. The van der Waals surface area contributed by atoms with E-state index in [1.807, 2.05) is 0 Å². The van der Waals surface area contributed by atoms with Gasteiger partial charge in [0, 0.05) is 13.2 Å². The van der Waals surface area contributed by atoms with E-state index in [9.17, 15) is 14.0 Å². The molecular weight excluding hydrogens is 331 g/mol. The number of ether oxygens (including phenoxy) is 2. The van der Waals surface area contributed by atoms with Crippen LogP contribution < -0.4 is 15.9 Å². The second kappa shape index (κ2) is 7.27. The summed E-state index contributed by atoms with van der Waals surface area (Å²) in [4.78, 5) is 30.7. The third-order valence-electron chi connectivity index (χ3n) is 3.51. The van der Waals surface area contributed by atoms with Gasteiger partial charge in [0.2, 0.25) is 5.71 Å². The van der Waals surface area contributed by atoms with Crippen molar-refractivity contribution in [2.24, 2.45) is 0 Å². The van der Waals surface area contributed by atoms with Crippen LogP contribution in [0.2, 0.25) is 0 Å². The second-order valence-electron chi connectivity index (χ2n) is 5.29. The highest BCUT2D eigenvalue weighted by molar-refractivity contribution is 5.76. The minimum Gasteiger partial charge on any atom is -0.462 e. The number of hydrogen-bond donors (Lipinski definition) is 1. The van der Waals surface area contributed by atoms with Crippen LogP contribution in [0.4, 0.5) is 4.39 Å². The van der Waals surface area contributed by atoms with Crippen LogP contribution in [0.25, 0.3) is 11.1 Å². The molecule has 0 amide bonds. The first-order valence-electron chi connectivity index (χ1n) is 7.50. The predicted molar refractivity (Wildman–Crippen MR) is 87.5 cm³/mol. The molecule has 1 aromatic carbocycles. The number of hydrogen-bond acceptors (Lipinski definition) is 6. The number of benzene rings is 1. The Hall–Kier alpha value is -3.00. The highest BCUT2D eigenvalue weighted by Gasteiger charge is 2.14. The van der Waals surface area contributed by atoms with Gasteiger partial charge in [-0.2, -0.15) is 4.98 Å². The quantitative estimate of drug-likeness (QED) is 0.682. The number of methoxy groups -OCH3 is 1. The summed E-state index contributed by atoms with van der Waals surface area (Å²) in [6.07, 6.45) is 0.261. The topological polar surface area (TPSA) is 94.4 Å². The summed E-state index contributed by atoms with van der Waals surface area (Å²) < 4.78 is 28.2. The number of H-pyrrole nitrogens is 1. The fraction of sp³-hybridized carbons (Fsp3) is 0.235. The Bertz CT molecular complexity index is 995. The maximum Gasteiger partial charge on any atom is 0.337 e. The van der Waals surface area contributed by atoms with Gasteiger partial charge in [-0.1, -0.05) is 12.1 Å². The van der Waals surface area contributed by atoms with Crippen molar-refractivity contribution >= 4 is 11.1 Å². The van der Waals surface area contributed by atoms with Crippen molar-refractivity contribution in [1.82, 2.24) is 9.97 Å². The monoisotopic (exact) mass is 346 g/mol. The van der Waals surface area contributed by atoms with E-state index in [4.69, 9.17) is 13.9 Å². The summed E-state index contributed by atoms with van der Waals surface area (Å²) in [6, 6.07) is 6.96. The Labute approximate surface area is 141 Å². The lowest BCUT2D eigenvalue weighted by Crippen LogP contribution is -2.16. The lowest BCUT2D eigenvalue weighted by molar-refractivity contribution is 0.140. The molecule has 0 radical (unpaired) electrons. The minimum atomic E-state index is -0.634. The maximum absolute atomic E-state index is 13.0. The van der Waals surface area contributed by atoms with Crippen molar-refractivity contribution in [3.63, 3.8) is 0 Å². The molecule has 0 unspecified atom stereocenters.